The highest BCUT2D eigenvalue weighted by Gasteiger charge is 2.55. The average molecular weight is 473 g/mol. The second-order valence-electron chi connectivity index (χ2n) is 8.21. The van der Waals surface area contributed by atoms with Crippen LogP contribution in [0.3, 0.4) is 0 Å². The SMILES string of the molecule is O=C(N[C@@H]1[C@@H](OC(=O)c2ccccc2)[C@H]2CO[C@H](O2)[C@@H]1OC(=O)c1ccccc1)c1ccccc1. The van der Waals surface area contributed by atoms with Crippen molar-refractivity contribution in [2.75, 3.05) is 6.61 Å². The molecule has 35 heavy (non-hydrogen) atoms. The fourth-order valence-corrected chi connectivity index (χ4v) is 4.17. The maximum Gasteiger partial charge on any atom is 0.338 e. The summed E-state index contributed by atoms with van der Waals surface area (Å²) in [6, 6.07) is 24.7. The van der Waals surface area contributed by atoms with Crippen LogP contribution in [0.2, 0.25) is 0 Å². The van der Waals surface area contributed by atoms with Gasteiger partial charge in [-0.3, -0.25) is 4.79 Å². The smallest absolute Gasteiger partial charge is 0.338 e. The lowest BCUT2D eigenvalue weighted by atomic mass is 9.96. The van der Waals surface area contributed by atoms with Gasteiger partial charge in [-0.25, -0.2) is 9.59 Å². The minimum Gasteiger partial charge on any atom is -0.454 e. The molecule has 8 heteroatoms. The summed E-state index contributed by atoms with van der Waals surface area (Å²) in [5.41, 5.74) is 1.09. The summed E-state index contributed by atoms with van der Waals surface area (Å²) in [4.78, 5) is 38.9. The summed E-state index contributed by atoms with van der Waals surface area (Å²) in [5.74, 6) is -1.60. The molecular formula is C27H23NO7. The second kappa shape index (κ2) is 10.1. The van der Waals surface area contributed by atoms with Crippen molar-refractivity contribution in [2.24, 2.45) is 0 Å². The quantitative estimate of drug-likeness (QED) is 0.550. The minimum atomic E-state index is -1.05. The Hall–Kier alpha value is -4.01. The van der Waals surface area contributed by atoms with Gasteiger partial charge in [-0.15, -0.1) is 0 Å². The third-order valence-electron chi connectivity index (χ3n) is 5.92. The van der Waals surface area contributed by atoms with Gasteiger partial charge in [0, 0.05) is 5.56 Å². The molecule has 5 atom stereocenters. The molecule has 0 unspecified atom stereocenters. The van der Waals surface area contributed by atoms with Crippen molar-refractivity contribution in [3.8, 4) is 0 Å². The van der Waals surface area contributed by atoms with Crippen LogP contribution in [0, 0.1) is 0 Å². The van der Waals surface area contributed by atoms with Gasteiger partial charge in [-0.1, -0.05) is 54.6 Å². The predicted octanol–water partition coefficient (Wildman–Crippen LogP) is 2.99. The topological polar surface area (TPSA) is 100 Å². The van der Waals surface area contributed by atoms with Crippen molar-refractivity contribution < 1.29 is 33.3 Å². The Morgan fingerprint density at radius 2 is 1.17 bits per heavy atom. The summed E-state index contributed by atoms with van der Waals surface area (Å²) >= 11 is 0. The van der Waals surface area contributed by atoms with Gasteiger partial charge in [0.1, 0.15) is 12.1 Å². The van der Waals surface area contributed by atoms with Crippen LogP contribution in [0.4, 0.5) is 0 Å². The van der Waals surface area contributed by atoms with Crippen molar-refractivity contribution in [3.63, 3.8) is 0 Å². The van der Waals surface area contributed by atoms with E-state index in [0.29, 0.717) is 16.7 Å². The Morgan fingerprint density at radius 1 is 0.686 bits per heavy atom. The van der Waals surface area contributed by atoms with Crippen LogP contribution in [-0.2, 0) is 18.9 Å². The molecule has 3 aromatic carbocycles. The molecule has 8 nitrogen and oxygen atoms in total. The molecule has 0 aromatic heterocycles. The van der Waals surface area contributed by atoms with E-state index in [4.69, 9.17) is 18.9 Å². The van der Waals surface area contributed by atoms with Crippen molar-refractivity contribution in [1.29, 1.82) is 0 Å². The third kappa shape index (κ3) is 4.94. The maximum absolute atomic E-state index is 13.1. The normalized spacial score (nSPS) is 24.9. The Bertz CT molecular complexity index is 1120. The van der Waals surface area contributed by atoms with Crippen molar-refractivity contribution in [2.45, 2.75) is 30.6 Å². The number of hydrogen-bond acceptors (Lipinski definition) is 7. The highest BCUT2D eigenvalue weighted by atomic mass is 16.8. The average Bonchev–Trinajstić information content (AvgIpc) is 3.35. The number of fused-ring (bicyclic) bond motifs is 2. The van der Waals surface area contributed by atoms with Crippen LogP contribution in [-0.4, -0.2) is 55.1 Å². The molecular weight excluding hydrogens is 450 g/mol. The molecule has 5 rings (SSSR count). The predicted molar refractivity (Wildman–Crippen MR) is 124 cm³/mol. The van der Waals surface area contributed by atoms with Gasteiger partial charge in [0.05, 0.1) is 17.7 Å². The van der Waals surface area contributed by atoms with E-state index in [-0.39, 0.29) is 6.61 Å². The molecule has 2 heterocycles. The molecule has 2 bridgehead atoms. The van der Waals surface area contributed by atoms with Crippen LogP contribution >= 0.6 is 0 Å². The van der Waals surface area contributed by atoms with E-state index in [0.717, 1.165) is 0 Å². The summed E-state index contributed by atoms with van der Waals surface area (Å²) in [6.07, 6.45) is -3.56. The zero-order chi connectivity index (χ0) is 24.2. The lowest BCUT2D eigenvalue weighted by Gasteiger charge is -2.40. The van der Waals surface area contributed by atoms with E-state index < -0.39 is 48.5 Å². The van der Waals surface area contributed by atoms with E-state index in [1.54, 1.807) is 91.0 Å². The molecule has 2 fully saturated rings. The number of hydrogen-bond donors (Lipinski definition) is 1. The van der Waals surface area contributed by atoms with Crippen molar-refractivity contribution >= 4 is 17.8 Å². The standard InChI is InChI=1S/C27H23NO7/c29-24(17-10-4-1-5-11-17)28-21-22(34-25(30)18-12-6-2-7-13-18)20-16-32-27(33-20)23(21)35-26(31)19-14-8-3-9-15-19/h1-15,20-23,27H,16H2,(H,28,29)/t20-,21-,22+,23-,27-/m1/s1. The lowest BCUT2D eigenvalue weighted by Crippen LogP contribution is -2.63. The highest BCUT2D eigenvalue weighted by molar-refractivity contribution is 5.95. The van der Waals surface area contributed by atoms with Crippen LogP contribution in [0.5, 0.6) is 0 Å². The lowest BCUT2D eigenvalue weighted by molar-refractivity contribution is -0.194. The summed E-state index contributed by atoms with van der Waals surface area (Å²) in [6.45, 7) is 0.120. The Kier molecular flexibility index (Phi) is 6.56. The van der Waals surface area contributed by atoms with Crippen molar-refractivity contribution in [1.82, 2.24) is 5.32 Å². The number of carbonyl (C=O) groups is 3. The number of esters is 2. The van der Waals surface area contributed by atoms with Gasteiger partial charge < -0.3 is 24.3 Å². The van der Waals surface area contributed by atoms with Gasteiger partial charge in [-0.05, 0) is 36.4 Å². The Morgan fingerprint density at radius 3 is 1.71 bits per heavy atom. The molecule has 178 valence electrons. The molecule has 2 saturated heterocycles. The molecule has 0 spiro atoms. The Labute approximate surface area is 201 Å². The number of rotatable bonds is 6. The molecule has 3 aromatic rings. The molecule has 2 aliphatic heterocycles. The molecule has 2 aliphatic rings. The number of amides is 1. The van der Waals surface area contributed by atoms with Crippen LogP contribution in [0.15, 0.2) is 91.0 Å². The van der Waals surface area contributed by atoms with Crippen molar-refractivity contribution in [3.05, 3.63) is 108 Å². The second-order valence-corrected chi connectivity index (χ2v) is 8.21. The number of nitrogens with one attached hydrogen (secondary N) is 1. The molecule has 0 aliphatic carbocycles. The first-order valence-electron chi connectivity index (χ1n) is 11.3. The molecule has 0 saturated carbocycles. The maximum atomic E-state index is 13.1. The molecule has 1 amide bonds. The first-order chi connectivity index (χ1) is 17.1. The summed E-state index contributed by atoms with van der Waals surface area (Å²) < 4.78 is 23.2. The number of carbonyl (C=O) groups excluding carboxylic acids is 3. The van der Waals surface area contributed by atoms with Gasteiger partial charge in [0.15, 0.2) is 18.5 Å². The fraction of sp³-hybridized carbons (Fsp3) is 0.222. The van der Waals surface area contributed by atoms with E-state index in [1.165, 1.54) is 0 Å². The van der Waals surface area contributed by atoms with E-state index >= 15 is 0 Å². The highest BCUT2D eigenvalue weighted by Crippen LogP contribution is 2.33. The minimum absolute atomic E-state index is 0.120. The largest absolute Gasteiger partial charge is 0.454 e. The van der Waals surface area contributed by atoms with E-state index in [1.807, 2.05) is 0 Å². The zero-order valence-electron chi connectivity index (χ0n) is 18.6. The van der Waals surface area contributed by atoms with Crippen LogP contribution in [0.1, 0.15) is 31.1 Å². The monoisotopic (exact) mass is 473 g/mol. The summed E-state index contributed by atoms with van der Waals surface area (Å²) in [7, 11) is 0. The van der Waals surface area contributed by atoms with Gasteiger partial charge in [-0.2, -0.15) is 0 Å². The Balaban J connectivity index is 1.44. The van der Waals surface area contributed by atoms with E-state index in [9.17, 15) is 14.4 Å². The van der Waals surface area contributed by atoms with Gasteiger partial charge in [0.2, 0.25) is 0 Å². The fourth-order valence-electron chi connectivity index (χ4n) is 4.17. The van der Waals surface area contributed by atoms with Crippen LogP contribution in [0.25, 0.3) is 0 Å². The first-order valence-corrected chi connectivity index (χ1v) is 11.3. The van der Waals surface area contributed by atoms with Crippen LogP contribution < -0.4 is 5.32 Å². The summed E-state index contributed by atoms with van der Waals surface area (Å²) in [5, 5.41) is 2.90. The van der Waals surface area contributed by atoms with E-state index in [2.05, 4.69) is 5.32 Å². The first kappa shape index (κ1) is 22.8. The third-order valence-corrected chi connectivity index (χ3v) is 5.92. The molecule has 0 radical (unpaired) electrons. The number of ether oxygens (including phenoxy) is 4. The van der Waals surface area contributed by atoms with Gasteiger partial charge >= 0.3 is 11.9 Å². The number of benzene rings is 3. The molecule has 1 N–H and O–H groups in total. The zero-order valence-corrected chi connectivity index (χ0v) is 18.6. The van der Waals surface area contributed by atoms with Gasteiger partial charge in [0.25, 0.3) is 5.91 Å².